The zero-order chi connectivity index (χ0) is 15.6. The molecule has 0 bridgehead atoms. The van der Waals surface area contributed by atoms with E-state index >= 15 is 0 Å². The van der Waals surface area contributed by atoms with E-state index in [4.69, 9.17) is 5.73 Å². The van der Waals surface area contributed by atoms with Gasteiger partial charge in [0.15, 0.2) is 0 Å². The van der Waals surface area contributed by atoms with Gasteiger partial charge in [0.25, 0.3) is 5.91 Å². The third kappa shape index (κ3) is 2.99. The van der Waals surface area contributed by atoms with Crippen LogP contribution in [0.15, 0.2) is 24.4 Å². The largest absolute Gasteiger partial charge is 0.399 e. The molecule has 2 rings (SSSR count). The second-order valence-corrected chi connectivity index (χ2v) is 5.65. The molecule has 1 heterocycles. The first-order chi connectivity index (χ1) is 9.85. The first-order valence-corrected chi connectivity index (χ1v) is 6.72. The third-order valence-electron chi connectivity index (χ3n) is 3.48. The molecule has 1 aromatic carbocycles. The lowest BCUT2D eigenvalue weighted by Crippen LogP contribution is -2.43. The molecule has 2 aromatic rings. The van der Waals surface area contributed by atoms with Crippen molar-refractivity contribution in [3.8, 4) is 0 Å². The topological polar surface area (TPSA) is 100 Å². The lowest BCUT2D eigenvalue weighted by molar-refractivity contribution is -0.128. The highest BCUT2D eigenvalue weighted by Gasteiger charge is 2.27. The van der Waals surface area contributed by atoms with Crippen molar-refractivity contribution in [3.05, 3.63) is 30.0 Å². The van der Waals surface area contributed by atoms with Crippen LogP contribution in [0.3, 0.4) is 0 Å². The summed E-state index contributed by atoms with van der Waals surface area (Å²) in [4.78, 5) is 27.0. The molecule has 0 unspecified atom stereocenters. The number of carbonyl (C=O) groups excluding carboxylic acids is 2. The second kappa shape index (κ2) is 5.47. The van der Waals surface area contributed by atoms with E-state index in [9.17, 15) is 9.59 Å². The number of nitrogens with one attached hydrogen (secondary N) is 3. The first kappa shape index (κ1) is 14.9. The predicted octanol–water partition coefficient (Wildman–Crippen LogP) is 1.25. The van der Waals surface area contributed by atoms with Crippen molar-refractivity contribution in [2.75, 3.05) is 19.3 Å². The normalized spacial score (nSPS) is 11.4. The SMILES string of the molecule is CNC(=O)C(C)(C)CNC(=O)c1c[nH]c2cc(N)ccc12. The smallest absolute Gasteiger partial charge is 0.253 e. The van der Waals surface area contributed by atoms with Crippen LogP contribution < -0.4 is 16.4 Å². The Labute approximate surface area is 123 Å². The maximum Gasteiger partial charge on any atom is 0.253 e. The number of hydrogen-bond acceptors (Lipinski definition) is 3. The van der Waals surface area contributed by atoms with Crippen LogP contribution in [0.1, 0.15) is 24.2 Å². The molecular formula is C15H20N4O2. The third-order valence-corrected chi connectivity index (χ3v) is 3.48. The fraction of sp³-hybridized carbons (Fsp3) is 0.333. The molecule has 1 aromatic heterocycles. The standard InChI is InChI=1S/C15H20N4O2/c1-15(2,14(21)17-3)8-19-13(20)11-7-18-12-6-9(16)4-5-10(11)12/h4-7,18H,8,16H2,1-3H3,(H,17,21)(H,19,20). The highest BCUT2D eigenvalue weighted by Crippen LogP contribution is 2.21. The van der Waals surface area contributed by atoms with Gasteiger partial charge in [-0.2, -0.15) is 0 Å². The number of hydrogen-bond donors (Lipinski definition) is 4. The van der Waals surface area contributed by atoms with Crippen LogP contribution in [0.25, 0.3) is 10.9 Å². The predicted molar refractivity (Wildman–Crippen MR) is 82.9 cm³/mol. The fourth-order valence-corrected chi connectivity index (χ4v) is 2.15. The molecule has 0 atom stereocenters. The summed E-state index contributed by atoms with van der Waals surface area (Å²) in [5.74, 6) is -0.336. The molecule has 0 saturated carbocycles. The summed E-state index contributed by atoms with van der Waals surface area (Å²) in [6.45, 7) is 3.82. The molecule has 6 nitrogen and oxygen atoms in total. The van der Waals surface area contributed by atoms with Crippen LogP contribution in [-0.2, 0) is 4.79 Å². The Bertz CT molecular complexity index is 688. The Hall–Kier alpha value is -2.50. The number of anilines is 1. The van der Waals surface area contributed by atoms with Crippen molar-refractivity contribution in [2.24, 2.45) is 5.41 Å². The van der Waals surface area contributed by atoms with Crippen LogP contribution in [0.2, 0.25) is 0 Å². The minimum Gasteiger partial charge on any atom is -0.399 e. The quantitative estimate of drug-likeness (QED) is 0.637. The van der Waals surface area contributed by atoms with Crippen LogP contribution in [0.4, 0.5) is 5.69 Å². The summed E-state index contributed by atoms with van der Waals surface area (Å²) in [5.41, 5.74) is 7.03. The Morgan fingerprint density at radius 2 is 2.05 bits per heavy atom. The number of carbonyl (C=O) groups is 2. The maximum atomic E-state index is 12.3. The number of nitrogens with two attached hydrogens (primary N) is 1. The molecular weight excluding hydrogens is 268 g/mol. The van der Waals surface area contributed by atoms with E-state index in [1.54, 1.807) is 45.3 Å². The molecule has 0 spiro atoms. The summed E-state index contributed by atoms with van der Waals surface area (Å²) in [6, 6.07) is 5.34. The molecule has 6 heteroatoms. The van der Waals surface area contributed by atoms with E-state index < -0.39 is 5.41 Å². The van der Waals surface area contributed by atoms with Gasteiger partial charge in [-0.1, -0.05) is 0 Å². The van der Waals surface area contributed by atoms with E-state index in [0.717, 1.165) is 10.9 Å². The number of benzene rings is 1. The zero-order valence-corrected chi connectivity index (χ0v) is 12.4. The molecule has 2 amide bonds. The van der Waals surface area contributed by atoms with E-state index in [1.165, 1.54) is 0 Å². The van der Waals surface area contributed by atoms with Gasteiger partial charge in [0.05, 0.1) is 11.0 Å². The average Bonchev–Trinajstić information content (AvgIpc) is 2.86. The van der Waals surface area contributed by atoms with Gasteiger partial charge in [-0.25, -0.2) is 0 Å². The number of amides is 2. The van der Waals surface area contributed by atoms with Crippen LogP contribution >= 0.6 is 0 Å². The number of aromatic amines is 1. The van der Waals surface area contributed by atoms with Crippen LogP contribution in [0.5, 0.6) is 0 Å². The van der Waals surface area contributed by atoms with E-state index in [1.807, 2.05) is 0 Å². The van der Waals surface area contributed by atoms with Crippen molar-refractivity contribution in [3.63, 3.8) is 0 Å². The molecule has 0 aliphatic heterocycles. The lowest BCUT2D eigenvalue weighted by atomic mass is 9.92. The molecule has 5 N–H and O–H groups in total. The molecule has 21 heavy (non-hydrogen) atoms. The van der Waals surface area contributed by atoms with Gasteiger partial charge in [-0.05, 0) is 32.0 Å². The molecule has 0 fully saturated rings. The average molecular weight is 288 g/mol. The van der Waals surface area contributed by atoms with Crippen molar-refractivity contribution < 1.29 is 9.59 Å². The van der Waals surface area contributed by atoms with E-state index in [2.05, 4.69) is 15.6 Å². The molecule has 112 valence electrons. The molecule has 0 radical (unpaired) electrons. The second-order valence-electron chi connectivity index (χ2n) is 5.65. The van der Waals surface area contributed by atoms with Crippen LogP contribution in [0, 0.1) is 5.41 Å². The van der Waals surface area contributed by atoms with Crippen molar-refractivity contribution >= 4 is 28.4 Å². The monoisotopic (exact) mass is 288 g/mol. The lowest BCUT2D eigenvalue weighted by Gasteiger charge is -2.22. The van der Waals surface area contributed by atoms with Crippen LogP contribution in [-0.4, -0.2) is 30.4 Å². The number of H-pyrrole nitrogens is 1. The Morgan fingerprint density at radius 3 is 2.71 bits per heavy atom. The Kier molecular flexibility index (Phi) is 3.88. The summed E-state index contributed by atoms with van der Waals surface area (Å²) in [7, 11) is 1.58. The van der Waals surface area contributed by atoms with Gasteiger partial charge >= 0.3 is 0 Å². The number of aromatic nitrogens is 1. The minimum absolute atomic E-state index is 0.116. The Balaban J connectivity index is 2.15. The summed E-state index contributed by atoms with van der Waals surface area (Å²) < 4.78 is 0. The zero-order valence-electron chi connectivity index (χ0n) is 12.4. The maximum absolute atomic E-state index is 12.3. The summed E-state index contributed by atoms with van der Waals surface area (Å²) >= 11 is 0. The van der Waals surface area contributed by atoms with Gasteiger partial charge in [-0.15, -0.1) is 0 Å². The highest BCUT2D eigenvalue weighted by atomic mass is 16.2. The number of fused-ring (bicyclic) bond motifs is 1. The van der Waals surface area contributed by atoms with Gasteiger partial charge in [-0.3, -0.25) is 9.59 Å². The minimum atomic E-state index is -0.666. The Morgan fingerprint density at radius 1 is 1.33 bits per heavy atom. The van der Waals surface area contributed by atoms with Gasteiger partial charge < -0.3 is 21.4 Å². The van der Waals surface area contributed by atoms with E-state index in [-0.39, 0.29) is 18.4 Å². The number of rotatable bonds is 4. The summed E-state index contributed by atoms with van der Waals surface area (Å²) in [5, 5.41) is 6.19. The first-order valence-electron chi connectivity index (χ1n) is 6.72. The molecule has 0 saturated heterocycles. The highest BCUT2D eigenvalue weighted by molar-refractivity contribution is 6.07. The summed E-state index contributed by atoms with van der Waals surface area (Å²) in [6.07, 6.45) is 1.65. The van der Waals surface area contributed by atoms with Gasteiger partial charge in [0.1, 0.15) is 0 Å². The van der Waals surface area contributed by atoms with Crippen molar-refractivity contribution in [1.82, 2.24) is 15.6 Å². The van der Waals surface area contributed by atoms with Crippen molar-refractivity contribution in [1.29, 1.82) is 0 Å². The molecule has 0 aliphatic carbocycles. The van der Waals surface area contributed by atoms with Gasteiger partial charge in [0, 0.05) is 36.4 Å². The fourth-order valence-electron chi connectivity index (χ4n) is 2.15. The van der Waals surface area contributed by atoms with Crippen molar-refractivity contribution in [2.45, 2.75) is 13.8 Å². The molecule has 0 aliphatic rings. The number of nitrogen functional groups attached to an aromatic ring is 1. The van der Waals surface area contributed by atoms with E-state index in [0.29, 0.717) is 11.3 Å². The van der Waals surface area contributed by atoms with Gasteiger partial charge in [0.2, 0.25) is 5.91 Å².